The quantitative estimate of drug-likeness (QED) is 0.614. The Kier molecular flexibility index (Phi) is 7.90. The molecule has 3 heterocycles. The number of hydrogen-bond acceptors (Lipinski definition) is 6. The SMILES string of the molecule is CCc1cc(NC(=O)C(=O)N2C[C@@H](C)CCC2c2cccc(OC[C@H]3CCCN3C)c2)cnc1N. The second-order valence-corrected chi connectivity index (χ2v) is 9.89. The number of hydrogen-bond donors (Lipinski definition) is 2. The molecule has 8 heteroatoms. The predicted molar refractivity (Wildman–Crippen MR) is 137 cm³/mol. The lowest BCUT2D eigenvalue weighted by atomic mass is 9.89. The monoisotopic (exact) mass is 479 g/mol. The minimum absolute atomic E-state index is 0.169. The number of likely N-dealkylation sites (tertiary alicyclic amines) is 2. The lowest BCUT2D eigenvalue weighted by Gasteiger charge is -2.38. The van der Waals surface area contributed by atoms with Gasteiger partial charge in [0.2, 0.25) is 0 Å². The largest absolute Gasteiger partial charge is 0.492 e. The van der Waals surface area contributed by atoms with Crippen molar-refractivity contribution in [1.29, 1.82) is 0 Å². The van der Waals surface area contributed by atoms with Crippen LogP contribution >= 0.6 is 0 Å². The summed E-state index contributed by atoms with van der Waals surface area (Å²) in [4.78, 5) is 34.4. The Labute approximate surface area is 207 Å². The van der Waals surface area contributed by atoms with Crippen LogP contribution in [-0.4, -0.2) is 59.4 Å². The number of nitrogens with one attached hydrogen (secondary N) is 1. The number of nitrogens with zero attached hydrogens (tertiary/aromatic N) is 3. The van der Waals surface area contributed by atoms with Gasteiger partial charge in [-0.2, -0.15) is 0 Å². The highest BCUT2D eigenvalue weighted by Crippen LogP contribution is 2.35. The third-order valence-corrected chi connectivity index (χ3v) is 7.27. The fourth-order valence-electron chi connectivity index (χ4n) is 5.10. The number of piperidine rings is 1. The van der Waals surface area contributed by atoms with Crippen LogP contribution < -0.4 is 15.8 Å². The lowest BCUT2D eigenvalue weighted by Crippen LogP contribution is -2.46. The van der Waals surface area contributed by atoms with Crippen LogP contribution in [0.3, 0.4) is 0 Å². The molecule has 0 spiro atoms. The summed E-state index contributed by atoms with van der Waals surface area (Å²) in [5.41, 5.74) is 8.18. The van der Waals surface area contributed by atoms with Crippen LogP contribution in [0.15, 0.2) is 36.5 Å². The van der Waals surface area contributed by atoms with E-state index < -0.39 is 11.8 Å². The highest BCUT2D eigenvalue weighted by Gasteiger charge is 2.34. The number of rotatable bonds is 6. The maximum absolute atomic E-state index is 13.3. The molecule has 1 unspecified atom stereocenters. The van der Waals surface area contributed by atoms with E-state index in [0.29, 0.717) is 43.0 Å². The molecule has 3 N–H and O–H groups in total. The molecule has 1 aromatic carbocycles. The molecule has 2 aliphatic rings. The minimum atomic E-state index is -0.658. The zero-order chi connectivity index (χ0) is 24.9. The minimum Gasteiger partial charge on any atom is -0.492 e. The summed E-state index contributed by atoms with van der Waals surface area (Å²) in [6, 6.07) is 10.0. The summed E-state index contributed by atoms with van der Waals surface area (Å²) in [5, 5.41) is 2.72. The van der Waals surface area contributed by atoms with Gasteiger partial charge in [-0.3, -0.25) is 9.59 Å². The zero-order valence-electron chi connectivity index (χ0n) is 21.0. The number of aryl methyl sites for hydroxylation is 1. The summed E-state index contributed by atoms with van der Waals surface area (Å²) in [5.74, 6) is 0.372. The van der Waals surface area contributed by atoms with E-state index in [0.717, 1.165) is 42.7 Å². The fourth-order valence-corrected chi connectivity index (χ4v) is 5.10. The Morgan fingerprint density at radius 2 is 2.06 bits per heavy atom. The number of nitrogen functional groups attached to an aromatic ring is 1. The van der Waals surface area contributed by atoms with Gasteiger partial charge in [-0.1, -0.05) is 26.0 Å². The molecule has 35 heavy (non-hydrogen) atoms. The average Bonchev–Trinajstić information content (AvgIpc) is 3.28. The van der Waals surface area contributed by atoms with Gasteiger partial charge in [0.15, 0.2) is 0 Å². The molecule has 188 valence electrons. The van der Waals surface area contributed by atoms with Crippen molar-refractivity contribution in [1.82, 2.24) is 14.8 Å². The molecule has 1 aromatic heterocycles. The normalized spacial score (nSPS) is 22.7. The first-order valence-corrected chi connectivity index (χ1v) is 12.6. The van der Waals surface area contributed by atoms with Gasteiger partial charge in [-0.25, -0.2) is 4.98 Å². The van der Waals surface area contributed by atoms with Crippen LogP contribution in [0, 0.1) is 5.92 Å². The van der Waals surface area contributed by atoms with E-state index in [1.165, 1.54) is 12.6 Å². The van der Waals surface area contributed by atoms with Crippen molar-refractivity contribution in [3.63, 3.8) is 0 Å². The topological polar surface area (TPSA) is 101 Å². The molecule has 8 nitrogen and oxygen atoms in total. The van der Waals surface area contributed by atoms with Crippen LogP contribution in [0.1, 0.15) is 56.7 Å². The highest BCUT2D eigenvalue weighted by molar-refractivity contribution is 6.39. The Balaban J connectivity index is 1.47. The molecule has 2 saturated heterocycles. The smallest absolute Gasteiger partial charge is 0.313 e. The van der Waals surface area contributed by atoms with Gasteiger partial charge in [0.25, 0.3) is 0 Å². The first kappa shape index (κ1) is 25.0. The number of pyridine rings is 1. The van der Waals surface area contributed by atoms with Gasteiger partial charge >= 0.3 is 11.8 Å². The molecule has 0 saturated carbocycles. The van der Waals surface area contributed by atoms with Crippen molar-refractivity contribution >= 4 is 23.3 Å². The van der Waals surface area contributed by atoms with E-state index in [9.17, 15) is 9.59 Å². The summed E-state index contributed by atoms with van der Waals surface area (Å²) < 4.78 is 6.13. The van der Waals surface area contributed by atoms with Crippen LogP contribution in [0.4, 0.5) is 11.5 Å². The Morgan fingerprint density at radius 3 is 2.80 bits per heavy atom. The first-order chi connectivity index (χ1) is 16.9. The number of likely N-dealkylation sites (N-methyl/N-ethyl adjacent to an activating group) is 1. The van der Waals surface area contributed by atoms with Crippen molar-refractivity contribution in [2.75, 3.05) is 37.8 Å². The molecule has 0 aliphatic carbocycles. The number of ether oxygens (including phenoxy) is 1. The van der Waals surface area contributed by atoms with Crippen LogP contribution in [0.2, 0.25) is 0 Å². The zero-order valence-corrected chi connectivity index (χ0v) is 21.0. The summed E-state index contributed by atoms with van der Waals surface area (Å²) in [7, 11) is 2.14. The number of benzene rings is 1. The Bertz CT molecular complexity index is 1060. The first-order valence-electron chi connectivity index (χ1n) is 12.6. The number of nitrogens with two attached hydrogens (primary N) is 1. The standard InChI is InChI=1S/C27H37N5O3/c1-4-19-13-21(15-29-25(19)28)30-26(33)27(34)32-16-18(2)10-11-24(32)20-7-5-9-23(14-20)35-17-22-8-6-12-31(22)3/h5,7,9,13-15,18,22,24H,4,6,8,10-12,16-17H2,1-3H3,(H2,28,29)(H,30,33)/t18-,22+,24?/m0/s1. The second kappa shape index (κ2) is 11.1. The third-order valence-electron chi connectivity index (χ3n) is 7.27. The molecule has 2 aromatic rings. The van der Waals surface area contributed by atoms with Crippen LogP contribution in [0.25, 0.3) is 0 Å². The molecule has 0 bridgehead atoms. The molecule has 4 rings (SSSR count). The van der Waals surface area contributed by atoms with Crippen LogP contribution in [0.5, 0.6) is 5.75 Å². The van der Waals surface area contributed by atoms with Crippen molar-refractivity contribution < 1.29 is 14.3 Å². The molecular weight excluding hydrogens is 442 g/mol. The average molecular weight is 480 g/mol. The summed E-state index contributed by atoms with van der Waals surface area (Å²) in [6.07, 6.45) is 6.33. The molecular formula is C27H37N5O3. The maximum Gasteiger partial charge on any atom is 0.313 e. The van der Waals surface area contributed by atoms with E-state index in [-0.39, 0.29) is 6.04 Å². The third kappa shape index (κ3) is 5.93. The number of carbonyl (C=O) groups excluding carboxylic acids is 2. The predicted octanol–water partition coefficient (Wildman–Crippen LogP) is 3.64. The van der Waals surface area contributed by atoms with Crippen molar-refractivity contribution in [2.24, 2.45) is 5.92 Å². The summed E-state index contributed by atoms with van der Waals surface area (Å²) >= 11 is 0. The maximum atomic E-state index is 13.3. The molecule has 2 fully saturated rings. The van der Waals surface area contributed by atoms with E-state index in [1.54, 1.807) is 11.0 Å². The van der Waals surface area contributed by atoms with Gasteiger partial charge in [-0.15, -0.1) is 0 Å². The van der Waals surface area contributed by atoms with Gasteiger partial charge in [0.1, 0.15) is 18.2 Å². The Hall–Kier alpha value is -3.13. The number of anilines is 2. The molecule has 0 radical (unpaired) electrons. The Morgan fingerprint density at radius 1 is 1.23 bits per heavy atom. The second-order valence-electron chi connectivity index (χ2n) is 9.89. The van der Waals surface area contributed by atoms with E-state index >= 15 is 0 Å². The van der Waals surface area contributed by atoms with Crippen molar-refractivity contribution in [3.05, 3.63) is 47.7 Å². The molecule has 2 amide bonds. The van der Waals surface area contributed by atoms with E-state index in [2.05, 4.69) is 29.2 Å². The highest BCUT2D eigenvalue weighted by atomic mass is 16.5. The summed E-state index contributed by atoms with van der Waals surface area (Å²) in [6.45, 7) is 6.38. The van der Waals surface area contributed by atoms with E-state index in [4.69, 9.17) is 10.5 Å². The van der Waals surface area contributed by atoms with Gasteiger partial charge in [0.05, 0.1) is 17.9 Å². The number of carbonyl (C=O) groups is 2. The molecule has 2 aliphatic heterocycles. The fraction of sp³-hybridized carbons (Fsp3) is 0.519. The van der Waals surface area contributed by atoms with Gasteiger partial charge in [0, 0.05) is 12.6 Å². The number of amides is 2. The lowest BCUT2D eigenvalue weighted by molar-refractivity contribution is -0.146. The van der Waals surface area contributed by atoms with Crippen molar-refractivity contribution in [2.45, 2.75) is 58.0 Å². The van der Waals surface area contributed by atoms with Crippen LogP contribution in [-0.2, 0) is 16.0 Å². The van der Waals surface area contributed by atoms with Gasteiger partial charge < -0.3 is 25.6 Å². The van der Waals surface area contributed by atoms with Crippen molar-refractivity contribution in [3.8, 4) is 5.75 Å². The number of aromatic nitrogens is 1. The molecule has 3 atom stereocenters. The van der Waals surface area contributed by atoms with Gasteiger partial charge in [-0.05, 0) is 80.9 Å². The van der Waals surface area contributed by atoms with E-state index in [1.807, 2.05) is 31.2 Å².